The van der Waals surface area contributed by atoms with Crippen molar-refractivity contribution in [3.63, 3.8) is 0 Å². The minimum atomic E-state index is -0.990. The molecule has 1 atom stereocenters. The molecule has 1 N–H and O–H groups in total. The summed E-state index contributed by atoms with van der Waals surface area (Å²) in [5.41, 5.74) is 1.27. The molecule has 0 spiro atoms. The molecule has 0 fully saturated rings. The third kappa shape index (κ3) is 5.69. The van der Waals surface area contributed by atoms with Gasteiger partial charge in [0.2, 0.25) is 11.8 Å². The van der Waals surface area contributed by atoms with Gasteiger partial charge in [-0.15, -0.1) is 0 Å². The van der Waals surface area contributed by atoms with E-state index in [0.29, 0.717) is 16.9 Å². The molecule has 4 rings (SSSR count). The zero-order valence-corrected chi connectivity index (χ0v) is 20.8. The summed E-state index contributed by atoms with van der Waals surface area (Å²) in [5.74, 6) is 0.502. The molecule has 0 radical (unpaired) electrons. The molecule has 186 valence electrons. The van der Waals surface area contributed by atoms with E-state index in [1.54, 1.807) is 18.2 Å². The number of nitrogens with zero attached hydrogens (tertiary/aromatic N) is 3. The topological polar surface area (TPSA) is 109 Å². The number of para-hydroxylation sites is 1. The number of rotatable bonds is 8. The van der Waals surface area contributed by atoms with Gasteiger partial charge in [0.15, 0.2) is 17.7 Å². The van der Waals surface area contributed by atoms with E-state index in [-0.39, 0.29) is 28.9 Å². The molecule has 0 saturated heterocycles. The van der Waals surface area contributed by atoms with Crippen LogP contribution in [0.25, 0.3) is 11.3 Å². The van der Waals surface area contributed by atoms with Crippen LogP contribution in [0.15, 0.2) is 71.3 Å². The Morgan fingerprint density at radius 2 is 1.50 bits per heavy atom. The van der Waals surface area contributed by atoms with Gasteiger partial charge in [0, 0.05) is 11.3 Å². The third-order valence-corrected chi connectivity index (χ3v) is 5.08. The molecule has 1 amide bonds. The molecule has 2 heterocycles. The van der Waals surface area contributed by atoms with Crippen molar-refractivity contribution in [2.45, 2.75) is 32.5 Å². The van der Waals surface area contributed by atoms with Crippen LogP contribution < -0.4 is 14.8 Å². The molecular weight excluding hydrogens is 460 g/mol. The molecule has 0 aliphatic rings. The maximum absolute atomic E-state index is 13.7. The molecule has 0 bridgehead atoms. The highest BCUT2D eigenvalue weighted by Crippen LogP contribution is 2.37. The highest BCUT2D eigenvalue weighted by molar-refractivity contribution is 6.09. The number of carbonyl (C=O) groups excluding carboxylic acids is 1. The van der Waals surface area contributed by atoms with E-state index >= 15 is 0 Å². The summed E-state index contributed by atoms with van der Waals surface area (Å²) in [6.07, 6.45) is -0.990. The molecular formula is C27H28N4O5. The Bertz CT molecular complexity index is 1300. The van der Waals surface area contributed by atoms with E-state index in [2.05, 4.69) is 20.4 Å². The Kier molecular flexibility index (Phi) is 7.30. The number of methoxy groups -OCH3 is 2. The number of aromatic nitrogens is 3. The van der Waals surface area contributed by atoms with E-state index in [0.717, 1.165) is 0 Å². The second-order valence-corrected chi connectivity index (χ2v) is 8.88. The van der Waals surface area contributed by atoms with E-state index in [1.165, 1.54) is 14.2 Å². The molecule has 1 unspecified atom stereocenters. The largest absolute Gasteiger partial charge is 0.481 e. The second-order valence-electron chi connectivity index (χ2n) is 8.88. The molecule has 2 aromatic carbocycles. The van der Waals surface area contributed by atoms with Crippen molar-refractivity contribution < 1.29 is 23.5 Å². The maximum Gasteiger partial charge on any atom is 0.261 e. The van der Waals surface area contributed by atoms with Gasteiger partial charge in [-0.25, -0.2) is 0 Å². The SMILES string of the molecule is COc1cc(OC)nc(C(OC(C)(C)C)c2onc(-c3ccccc3)c2C(=O)Nc2ccccc2)n1. The number of anilines is 1. The van der Waals surface area contributed by atoms with Gasteiger partial charge in [0.25, 0.3) is 5.91 Å². The molecule has 0 aliphatic heterocycles. The zero-order valence-electron chi connectivity index (χ0n) is 20.8. The number of hydrogen-bond acceptors (Lipinski definition) is 8. The number of ether oxygens (including phenoxy) is 3. The standard InChI is InChI=1S/C27H28N4O5/c1-27(2,3)35-24(25-29-19(33-4)16-20(30-25)34-5)23-21(26(32)28-18-14-10-7-11-15-18)22(31-36-23)17-12-8-6-9-13-17/h6-16,24H,1-5H3,(H,28,32). The summed E-state index contributed by atoms with van der Waals surface area (Å²) < 4.78 is 22.8. The summed E-state index contributed by atoms with van der Waals surface area (Å²) in [6, 6.07) is 20.0. The smallest absolute Gasteiger partial charge is 0.261 e. The first kappa shape index (κ1) is 24.9. The van der Waals surface area contributed by atoms with Crippen LogP contribution in [0.3, 0.4) is 0 Å². The lowest BCUT2D eigenvalue weighted by Crippen LogP contribution is -2.26. The lowest BCUT2D eigenvalue weighted by Gasteiger charge is -2.26. The first-order valence-electron chi connectivity index (χ1n) is 11.3. The number of benzene rings is 2. The summed E-state index contributed by atoms with van der Waals surface area (Å²) >= 11 is 0. The highest BCUT2D eigenvalue weighted by atomic mass is 16.5. The summed E-state index contributed by atoms with van der Waals surface area (Å²) in [6.45, 7) is 5.65. The van der Waals surface area contributed by atoms with E-state index in [1.807, 2.05) is 69.3 Å². The summed E-state index contributed by atoms with van der Waals surface area (Å²) in [7, 11) is 2.98. The van der Waals surface area contributed by atoms with Crippen LogP contribution in [0.5, 0.6) is 11.8 Å². The quantitative estimate of drug-likeness (QED) is 0.356. The Hall–Kier alpha value is -4.24. The van der Waals surface area contributed by atoms with Gasteiger partial charge in [0.05, 0.1) is 25.9 Å². The minimum absolute atomic E-state index is 0.160. The predicted molar refractivity (Wildman–Crippen MR) is 134 cm³/mol. The van der Waals surface area contributed by atoms with Crippen molar-refractivity contribution in [1.29, 1.82) is 0 Å². The fourth-order valence-electron chi connectivity index (χ4n) is 3.53. The van der Waals surface area contributed by atoms with Crippen molar-refractivity contribution in [3.05, 3.63) is 83.9 Å². The third-order valence-electron chi connectivity index (χ3n) is 5.08. The molecule has 9 nitrogen and oxygen atoms in total. The number of nitrogens with one attached hydrogen (secondary N) is 1. The fourth-order valence-corrected chi connectivity index (χ4v) is 3.53. The average Bonchev–Trinajstić information content (AvgIpc) is 3.32. The van der Waals surface area contributed by atoms with Crippen LogP contribution in [-0.4, -0.2) is 40.9 Å². The average molecular weight is 489 g/mol. The second kappa shape index (κ2) is 10.6. The van der Waals surface area contributed by atoms with Gasteiger partial charge in [-0.05, 0) is 32.9 Å². The first-order chi connectivity index (χ1) is 17.3. The number of hydrogen-bond donors (Lipinski definition) is 1. The summed E-state index contributed by atoms with van der Waals surface area (Å²) in [4.78, 5) is 22.6. The monoisotopic (exact) mass is 488 g/mol. The van der Waals surface area contributed by atoms with Gasteiger partial charge in [0.1, 0.15) is 11.3 Å². The van der Waals surface area contributed by atoms with Gasteiger partial charge in [-0.3, -0.25) is 4.79 Å². The van der Waals surface area contributed by atoms with Crippen LogP contribution in [0, 0.1) is 0 Å². The van der Waals surface area contributed by atoms with Gasteiger partial charge >= 0.3 is 0 Å². The van der Waals surface area contributed by atoms with Gasteiger partial charge in [-0.1, -0.05) is 53.7 Å². The number of carbonyl (C=O) groups is 1. The first-order valence-corrected chi connectivity index (χ1v) is 11.3. The van der Waals surface area contributed by atoms with E-state index in [4.69, 9.17) is 18.7 Å². The fraction of sp³-hybridized carbons (Fsp3) is 0.259. The van der Waals surface area contributed by atoms with Crippen LogP contribution in [0.1, 0.15) is 48.8 Å². The Labute approximate surface area is 209 Å². The van der Waals surface area contributed by atoms with Crippen molar-refractivity contribution in [1.82, 2.24) is 15.1 Å². The minimum Gasteiger partial charge on any atom is -0.481 e. The molecule has 0 aliphatic carbocycles. The maximum atomic E-state index is 13.7. The van der Waals surface area contributed by atoms with Gasteiger partial charge in [-0.2, -0.15) is 9.97 Å². The van der Waals surface area contributed by atoms with Crippen LogP contribution in [0.4, 0.5) is 5.69 Å². The molecule has 0 saturated carbocycles. The van der Waals surface area contributed by atoms with Crippen LogP contribution in [0.2, 0.25) is 0 Å². The number of amides is 1. The predicted octanol–water partition coefficient (Wildman–Crippen LogP) is 5.31. The Balaban J connectivity index is 1.90. The van der Waals surface area contributed by atoms with E-state index < -0.39 is 17.6 Å². The van der Waals surface area contributed by atoms with Crippen molar-refractivity contribution in [3.8, 4) is 23.0 Å². The van der Waals surface area contributed by atoms with Crippen molar-refractivity contribution in [2.75, 3.05) is 19.5 Å². The zero-order chi connectivity index (χ0) is 25.7. The summed E-state index contributed by atoms with van der Waals surface area (Å²) in [5, 5.41) is 7.20. The Morgan fingerprint density at radius 3 is 2.06 bits per heavy atom. The van der Waals surface area contributed by atoms with Crippen molar-refractivity contribution >= 4 is 11.6 Å². The lowest BCUT2D eigenvalue weighted by molar-refractivity contribution is -0.0570. The van der Waals surface area contributed by atoms with Crippen LogP contribution >= 0.6 is 0 Å². The van der Waals surface area contributed by atoms with Gasteiger partial charge < -0.3 is 24.1 Å². The lowest BCUT2D eigenvalue weighted by atomic mass is 10.0. The van der Waals surface area contributed by atoms with Crippen LogP contribution in [-0.2, 0) is 4.74 Å². The highest BCUT2D eigenvalue weighted by Gasteiger charge is 2.36. The molecule has 36 heavy (non-hydrogen) atoms. The van der Waals surface area contributed by atoms with E-state index in [9.17, 15) is 4.79 Å². The molecule has 4 aromatic rings. The molecule has 2 aromatic heterocycles. The normalized spacial score (nSPS) is 12.1. The Morgan fingerprint density at radius 1 is 0.917 bits per heavy atom. The van der Waals surface area contributed by atoms with Crippen molar-refractivity contribution in [2.24, 2.45) is 0 Å². The molecule has 9 heteroatoms.